The molecular weight excluding hydrogens is 359 g/mol. The molecule has 1 aromatic rings. The standard InChI is InChI=1S/C13H18N2O3.HI/c1-2-17-12(16)4-3-9-18-11-7-5-10(6-8-11)13(14)15;/h5-8H,2-4,9H2,1H3,(H3,14,15);1H. The van der Waals surface area contributed by atoms with Crippen LogP contribution in [0.2, 0.25) is 0 Å². The zero-order valence-electron chi connectivity index (χ0n) is 10.8. The molecule has 0 aliphatic heterocycles. The zero-order valence-corrected chi connectivity index (χ0v) is 13.2. The Morgan fingerprint density at radius 1 is 1.32 bits per heavy atom. The Kier molecular flexibility index (Phi) is 8.94. The molecule has 1 aromatic carbocycles. The maximum absolute atomic E-state index is 11.1. The van der Waals surface area contributed by atoms with E-state index in [1.165, 1.54) is 0 Å². The first-order valence-electron chi connectivity index (χ1n) is 5.86. The number of nitrogen functional groups attached to an aromatic ring is 1. The molecule has 0 aliphatic rings. The van der Waals surface area contributed by atoms with Crippen molar-refractivity contribution < 1.29 is 14.3 Å². The second kappa shape index (κ2) is 9.60. The molecule has 0 radical (unpaired) electrons. The number of benzene rings is 1. The Morgan fingerprint density at radius 2 is 1.95 bits per heavy atom. The minimum absolute atomic E-state index is 0. The van der Waals surface area contributed by atoms with Crippen LogP contribution in [0, 0.1) is 5.41 Å². The largest absolute Gasteiger partial charge is 0.494 e. The summed E-state index contributed by atoms with van der Waals surface area (Å²) in [6.07, 6.45) is 0.979. The van der Waals surface area contributed by atoms with Crippen LogP contribution in [-0.2, 0) is 9.53 Å². The van der Waals surface area contributed by atoms with Gasteiger partial charge in [-0.05, 0) is 37.6 Å². The van der Waals surface area contributed by atoms with Crippen molar-refractivity contribution in [3.63, 3.8) is 0 Å². The average Bonchev–Trinajstić information content (AvgIpc) is 2.35. The lowest BCUT2D eigenvalue weighted by Gasteiger charge is -2.06. The Labute approximate surface area is 130 Å². The van der Waals surface area contributed by atoms with E-state index < -0.39 is 0 Å². The van der Waals surface area contributed by atoms with Crippen LogP contribution in [-0.4, -0.2) is 25.0 Å². The molecule has 0 heterocycles. The molecule has 0 saturated carbocycles. The van der Waals surface area contributed by atoms with Gasteiger partial charge in [-0.3, -0.25) is 10.2 Å². The van der Waals surface area contributed by atoms with Crippen molar-refractivity contribution in [3.8, 4) is 5.75 Å². The lowest BCUT2D eigenvalue weighted by atomic mass is 10.2. The van der Waals surface area contributed by atoms with Gasteiger partial charge in [-0.2, -0.15) is 0 Å². The van der Waals surface area contributed by atoms with Gasteiger partial charge < -0.3 is 15.2 Å². The molecular formula is C13H19IN2O3. The van der Waals surface area contributed by atoms with E-state index in [-0.39, 0.29) is 35.8 Å². The van der Waals surface area contributed by atoms with Gasteiger partial charge in [0.15, 0.2) is 0 Å². The summed E-state index contributed by atoms with van der Waals surface area (Å²) in [4.78, 5) is 11.1. The molecule has 6 heteroatoms. The van der Waals surface area contributed by atoms with Gasteiger partial charge in [0, 0.05) is 12.0 Å². The molecule has 0 atom stereocenters. The zero-order chi connectivity index (χ0) is 13.4. The second-order valence-electron chi connectivity index (χ2n) is 3.70. The van der Waals surface area contributed by atoms with Crippen LogP contribution in [0.4, 0.5) is 0 Å². The van der Waals surface area contributed by atoms with Gasteiger partial charge in [-0.1, -0.05) is 0 Å². The second-order valence-corrected chi connectivity index (χ2v) is 3.70. The van der Waals surface area contributed by atoms with E-state index in [1.54, 1.807) is 31.2 Å². The van der Waals surface area contributed by atoms with E-state index in [0.717, 1.165) is 0 Å². The fourth-order valence-electron chi connectivity index (χ4n) is 1.37. The molecule has 3 N–H and O–H groups in total. The van der Waals surface area contributed by atoms with Crippen molar-refractivity contribution in [3.05, 3.63) is 29.8 Å². The van der Waals surface area contributed by atoms with Gasteiger partial charge >= 0.3 is 5.97 Å². The highest BCUT2D eigenvalue weighted by Crippen LogP contribution is 2.12. The summed E-state index contributed by atoms with van der Waals surface area (Å²) in [6, 6.07) is 6.95. The molecule has 0 aliphatic carbocycles. The van der Waals surface area contributed by atoms with Crippen molar-refractivity contribution in [2.45, 2.75) is 19.8 Å². The van der Waals surface area contributed by atoms with Crippen LogP contribution < -0.4 is 10.5 Å². The molecule has 0 spiro atoms. The van der Waals surface area contributed by atoms with E-state index >= 15 is 0 Å². The van der Waals surface area contributed by atoms with E-state index in [0.29, 0.717) is 37.4 Å². The van der Waals surface area contributed by atoms with E-state index in [1.807, 2.05) is 0 Å². The number of ether oxygens (including phenoxy) is 2. The molecule has 0 amide bonds. The van der Waals surface area contributed by atoms with Gasteiger partial charge in [-0.25, -0.2) is 0 Å². The van der Waals surface area contributed by atoms with Crippen LogP contribution in [0.15, 0.2) is 24.3 Å². The summed E-state index contributed by atoms with van der Waals surface area (Å²) in [5, 5.41) is 7.25. The van der Waals surface area contributed by atoms with Gasteiger partial charge in [0.1, 0.15) is 11.6 Å². The summed E-state index contributed by atoms with van der Waals surface area (Å²) in [5.74, 6) is 0.528. The van der Waals surface area contributed by atoms with E-state index in [9.17, 15) is 4.79 Å². The Morgan fingerprint density at radius 3 is 2.47 bits per heavy atom. The molecule has 1 rings (SSSR count). The SMILES string of the molecule is CCOC(=O)CCCOc1ccc(C(=N)N)cc1.I. The number of hydrogen-bond donors (Lipinski definition) is 2. The van der Waals surface area contributed by atoms with E-state index in [2.05, 4.69) is 0 Å². The quantitative estimate of drug-likeness (QED) is 0.251. The van der Waals surface area contributed by atoms with Gasteiger partial charge in [0.05, 0.1) is 13.2 Å². The van der Waals surface area contributed by atoms with E-state index in [4.69, 9.17) is 20.6 Å². The molecule has 0 bridgehead atoms. The number of carbonyl (C=O) groups is 1. The normalized spacial score (nSPS) is 9.32. The topological polar surface area (TPSA) is 85.4 Å². The lowest BCUT2D eigenvalue weighted by Crippen LogP contribution is -2.10. The first-order chi connectivity index (χ1) is 8.63. The molecule has 5 nitrogen and oxygen atoms in total. The summed E-state index contributed by atoms with van der Waals surface area (Å²) >= 11 is 0. The summed E-state index contributed by atoms with van der Waals surface area (Å²) in [7, 11) is 0. The molecule has 0 aromatic heterocycles. The van der Waals surface area contributed by atoms with Crippen LogP contribution in [0.3, 0.4) is 0 Å². The smallest absolute Gasteiger partial charge is 0.305 e. The molecule has 0 unspecified atom stereocenters. The highest BCUT2D eigenvalue weighted by Gasteiger charge is 2.02. The van der Waals surface area contributed by atoms with Crippen LogP contribution in [0.1, 0.15) is 25.3 Å². The number of nitrogens with one attached hydrogen (secondary N) is 1. The summed E-state index contributed by atoms with van der Waals surface area (Å²) < 4.78 is 10.3. The van der Waals surface area contributed by atoms with Crippen molar-refractivity contribution >= 4 is 35.8 Å². The number of nitrogens with two attached hydrogens (primary N) is 1. The maximum atomic E-state index is 11.1. The Hall–Kier alpha value is -1.31. The van der Waals surface area contributed by atoms with Crippen LogP contribution in [0.25, 0.3) is 0 Å². The number of halogens is 1. The van der Waals surface area contributed by atoms with Crippen LogP contribution >= 0.6 is 24.0 Å². The third kappa shape index (κ3) is 7.00. The van der Waals surface area contributed by atoms with Crippen molar-refractivity contribution in [1.29, 1.82) is 5.41 Å². The average molecular weight is 378 g/mol. The minimum atomic E-state index is -0.201. The summed E-state index contributed by atoms with van der Waals surface area (Å²) in [6.45, 7) is 2.65. The Balaban J connectivity index is 0.00000324. The number of amidine groups is 1. The summed E-state index contributed by atoms with van der Waals surface area (Å²) in [5.41, 5.74) is 6.00. The predicted molar refractivity (Wildman–Crippen MR) is 84.2 cm³/mol. The third-order valence-corrected chi connectivity index (χ3v) is 2.26. The first kappa shape index (κ1) is 17.7. The third-order valence-electron chi connectivity index (χ3n) is 2.26. The highest BCUT2D eigenvalue weighted by molar-refractivity contribution is 14.0. The minimum Gasteiger partial charge on any atom is -0.494 e. The number of rotatable bonds is 7. The van der Waals surface area contributed by atoms with Gasteiger partial charge in [0.2, 0.25) is 0 Å². The number of hydrogen-bond acceptors (Lipinski definition) is 4. The van der Waals surface area contributed by atoms with Crippen LogP contribution in [0.5, 0.6) is 5.75 Å². The fourth-order valence-corrected chi connectivity index (χ4v) is 1.37. The highest BCUT2D eigenvalue weighted by atomic mass is 127. The monoisotopic (exact) mass is 378 g/mol. The van der Waals surface area contributed by atoms with Crippen molar-refractivity contribution in [2.24, 2.45) is 5.73 Å². The number of carbonyl (C=O) groups excluding carboxylic acids is 1. The van der Waals surface area contributed by atoms with Gasteiger partial charge in [0.25, 0.3) is 0 Å². The van der Waals surface area contributed by atoms with Crippen molar-refractivity contribution in [2.75, 3.05) is 13.2 Å². The Bertz CT molecular complexity index is 407. The van der Waals surface area contributed by atoms with Gasteiger partial charge in [-0.15, -0.1) is 24.0 Å². The molecule has 0 fully saturated rings. The molecule has 19 heavy (non-hydrogen) atoms. The number of esters is 1. The predicted octanol–water partition coefficient (Wildman–Crippen LogP) is 2.31. The fraction of sp³-hybridized carbons (Fsp3) is 0.385. The van der Waals surface area contributed by atoms with Crippen molar-refractivity contribution in [1.82, 2.24) is 0 Å². The first-order valence-corrected chi connectivity index (χ1v) is 5.86. The lowest BCUT2D eigenvalue weighted by molar-refractivity contribution is -0.143. The molecule has 106 valence electrons. The maximum Gasteiger partial charge on any atom is 0.305 e. The molecule has 0 saturated heterocycles.